The smallest absolute Gasteiger partial charge is 0.0831 e. The molecule has 1 heterocycles. The molecule has 0 saturated carbocycles. The molecule has 0 amide bonds. The number of hydrogen-bond acceptors (Lipinski definition) is 2. The van der Waals surface area contributed by atoms with Crippen molar-refractivity contribution in [3.63, 3.8) is 0 Å². The molecule has 0 aliphatic carbocycles. The van der Waals surface area contributed by atoms with Gasteiger partial charge in [0.15, 0.2) is 0 Å². The monoisotopic (exact) mass is 154 g/mol. The minimum Gasteiger partial charge on any atom is -0.371 e. The quantitative estimate of drug-likeness (QED) is 0.643. The highest BCUT2D eigenvalue weighted by atomic mass is 15.1. The summed E-state index contributed by atoms with van der Waals surface area (Å²) in [5.41, 5.74) is 0. The van der Waals surface area contributed by atoms with E-state index in [9.17, 15) is 0 Å². The molecular formula is C9H18N2. The molecule has 1 aliphatic rings. The lowest BCUT2D eigenvalue weighted by atomic mass is 9.90. The number of hydrogen-bond donors (Lipinski definition) is 1. The summed E-state index contributed by atoms with van der Waals surface area (Å²) in [6, 6.07) is 1.03. The maximum Gasteiger partial charge on any atom is 0.0831 e. The molecule has 0 spiro atoms. The summed E-state index contributed by atoms with van der Waals surface area (Å²) in [6.45, 7) is 8.93. The second-order valence-corrected chi connectivity index (χ2v) is 3.95. The van der Waals surface area contributed by atoms with E-state index in [2.05, 4.69) is 38.0 Å². The highest BCUT2D eigenvalue weighted by Gasteiger charge is 2.28. The van der Waals surface area contributed by atoms with Crippen LogP contribution in [-0.4, -0.2) is 18.4 Å². The van der Waals surface area contributed by atoms with Crippen LogP contribution < -0.4 is 5.32 Å². The summed E-state index contributed by atoms with van der Waals surface area (Å²) in [5.74, 6) is 1.32. The van der Waals surface area contributed by atoms with Crippen LogP contribution in [0.15, 0.2) is 4.99 Å². The van der Waals surface area contributed by atoms with Crippen LogP contribution in [0, 0.1) is 11.8 Å². The van der Waals surface area contributed by atoms with Gasteiger partial charge < -0.3 is 5.32 Å². The molecular weight excluding hydrogens is 136 g/mol. The number of aliphatic imine (C=N–C) groups is 1. The third-order valence-corrected chi connectivity index (χ3v) is 2.28. The summed E-state index contributed by atoms with van der Waals surface area (Å²) in [4.78, 5) is 4.40. The summed E-state index contributed by atoms with van der Waals surface area (Å²) in [6.07, 6.45) is 1.86. The van der Waals surface area contributed by atoms with Crippen LogP contribution in [0.25, 0.3) is 0 Å². The van der Waals surface area contributed by atoms with Crippen LogP contribution >= 0.6 is 0 Å². The molecule has 2 atom stereocenters. The normalized spacial score (nSPS) is 30.0. The topological polar surface area (TPSA) is 24.4 Å². The van der Waals surface area contributed by atoms with Gasteiger partial charge in [0.2, 0.25) is 0 Å². The lowest BCUT2D eigenvalue weighted by Crippen LogP contribution is -2.39. The predicted molar refractivity (Wildman–Crippen MR) is 48.9 cm³/mol. The zero-order valence-corrected chi connectivity index (χ0v) is 7.83. The van der Waals surface area contributed by atoms with Gasteiger partial charge in [-0.05, 0) is 11.8 Å². The van der Waals surface area contributed by atoms with Gasteiger partial charge in [0.25, 0.3) is 0 Å². The standard InChI is InChI=1S/C9H18N2/c1-6(2)8-9(7(3)4)11-5-10-8/h5-9H,1-4H3,(H,10,11). The van der Waals surface area contributed by atoms with Crippen molar-refractivity contribution in [3.8, 4) is 0 Å². The van der Waals surface area contributed by atoms with Gasteiger partial charge in [-0.1, -0.05) is 27.7 Å². The largest absolute Gasteiger partial charge is 0.371 e. The average molecular weight is 154 g/mol. The summed E-state index contributed by atoms with van der Waals surface area (Å²) in [7, 11) is 0. The molecule has 0 aromatic rings. The molecule has 1 N–H and O–H groups in total. The Morgan fingerprint density at radius 1 is 1.18 bits per heavy atom. The van der Waals surface area contributed by atoms with Crippen LogP contribution in [0.1, 0.15) is 27.7 Å². The fourth-order valence-electron chi connectivity index (χ4n) is 1.58. The van der Waals surface area contributed by atoms with E-state index in [1.54, 1.807) is 0 Å². The molecule has 0 aromatic heterocycles. The summed E-state index contributed by atoms with van der Waals surface area (Å²) in [5, 5.41) is 3.30. The third-order valence-electron chi connectivity index (χ3n) is 2.28. The highest BCUT2D eigenvalue weighted by Crippen LogP contribution is 2.19. The van der Waals surface area contributed by atoms with E-state index in [-0.39, 0.29) is 0 Å². The van der Waals surface area contributed by atoms with Crippen LogP contribution in [0.2, 0.25) is 0 Å². The van der Waals surface area contributed by atoms with Gasteiger partial charge in [-0.2, -0.15) is 0 Å². The van der Waals surface area contributed by atoms with E-state index in [0.29, 0.717) is 23.9 Å². The summed E-state index contributed by atoms with van der Waals surface area (Å²) < 4.78 is 0. The van der Waals surface area contributed by atoms with E-state index >= 15 is 0 Å². The fraction of sp³-hybridized carbons (Fsp3) is 0.889. The Hall–Kier alpha value is -0.530. The van der Waals surface area contributed by atoms with Crippen LogP contribution in [0.3, 0.4) is 0 Å². The minimum absolute atomic E-state index is 0.481. The maximum absolute atomic E-state index is 4.40. The number of rotatable bonds is 2. The SMILES string of the molecule is CC(C)C1N=CNC1C(C)C. The molecule has 0 aromatic carbocycles. The molecule has 0 fully saturated rings. The zero-order chi connectivity index (χ0) is 8.43. The van der Waals surface area contributed by atoms with Gasteiger partial charge in [0, 0.05) is 0 Å². The van der Waals surface area contributed by atoms with Crippen LogP contribution in [0.4, 0.5) is 0 Å². The van der Waals surface area contributed by atoms with E-state index in [4.69, 9.17) is 0 Å². The first-order chi connectivity index (χ1) is 5.13. The predicted octanol–water partition coefficient (Wildman–Crippen LogP) is 1.67. The van der Waals surface area contributed by atoms with E-state index < -0.39 is 0 Å². The van der Waals surface area contributed by atoms with Crippen molar-refractivity contribution in [2.75, 3.05) is 0 Å². The van der Waals surface area contributed by atoms with Crippen molar-refractivity contribution in [2.45, 2.75) is 39.8 Å². The van der Waals surface area contributed by atoms with Gasteiger partial charge in [-0.3, -0.25) is 4.99 Å². The van der Waals surface area contributed by atoms with Crippen molar-refractivity contribution < 1.29 is 0 Å². The van der Waals surface area contributed by atoms with E-state index in [1.165, 1.54) is 0 Å². The Kier molecular flexibility index (Phi) is 2.53. The molecule has 11 heavy (non-hydrogen) atoms. The second-order valence-electron chi connectivity index (χ2n) is 3.95. The minimum atomic E-state index is 0.481. The Morgan fingerprint density at radius 2 is 1.82 bits per heavy atom. The van der Waals surface area contributed by atoms with Crippen molar-refractivity contribution in [3.05, 3.63) is 0 Å². The first-order valence-electron chi connectivity index (χ1n) is 4.40. The highest BCUT2D eigenvalue weighted by molar-refractivity contribution is 5.58. The van der Waals surface area contributed by atoms with Crippen LogP contribution in [-0.2, 0) is 0 Å². The van der Waals surface area contributed by atoms with Gasteiger partial charge in [0.1, 0.15) is 0 Å². The van der Waals surface area contributed by atoms with Gasteiger partial charge in [0.05, 0.1) is 18.4 Å². The zero-order valence-electron chi connectivity index (χ0n) is 7.83. The molecule has 2 unspecified atom stereocenters. The molecule has 1 aliphatic heterocycles. The molecule has 64 valence electrons. The number of nitrogens with zero attached hydrogens (tertiary/aromatic N) is 1. The van der Waals surface area contributed by atoms with Gasteiger partial charge in [-0.15, -0.1) is 0 Å². The van der Waals surface area contributed by atoms with Crippen molar-refractivity contribution in [2.24, 2.45) is 16.8 Å². The molecule has 2 heteroatoms. The first-order valence-corrected chi connectivity index (χ1v) is 4.40. The van der Waals surface area contributed by atoms with Crippen molar-refractivity contribution in [1.82, 2.24) is 5.32 Å². The lowest BCUT2D eigenvalue weighted by Gasteiger charge is -2.24. The Morgan fingerprint density at radius 3 is 2.18 bits per heavy atom. The van der Waals surface area contributed by atoms with Crippen LogP contribution in [0.5, 0.6) is 0 Å². The summed E-state index contributed by atoms with van der Waals surface area (Å²) >= 11 is 0. The Bertz CT molecular complexity index is 150. The maximum atomic E-state index is 4.40. The number of nitrogens with one attached hydrogen (secondary N) is 1. The van der Waals surface area contributed by atoms with Gasteiger partial charge in [-0.25, -0.2) is 0 Å². The lowest BCUT2D eigenvalue weighted by molar-refractivity contribution is 0.348. The van der Waals surface area contributed by atoms with Crippen molar-refractivity contribution >= 4 is 6.34 Å². The van der Waals surface area contributed by atoms with E-state index in [0.717, 1.165) is 0 Å². The molecule has 1 rings (SSSR count). The molecule has 0 bridgehead atoms. The average Bonchev–Trinajstić information content (AvgIpc) is 2.32. The third kappa shape index (κ3) is 1.73. The Balaban J connectivity index is 2.56. The fourth-order valence-corrected chi connectivity index (χ4v) is 1.58. The molecule has 2 nitrogen and oxygen atoms in total. The molecule has 0 radical (unpaired) electrons. The molecule has 0 saturated heterocycles. The second kappa shape index (κ2) is 3.24. The first kappa shape index (κ1) is 8.57. The van der Waals surface area contributed by atoms with Crippen molar-refractivity contribution in [1.29, 1.82) is 0 Å². The Labute approximate surface area is 69.1 Å². The van der Waals surface area contributed by atoms with E-state index in [1.807, 2.05) is 6.34 Å². The van der Waals surface area contributed by atoms with Gasteiger partial charge >= 0.3 is 0 Å².